The molecule has 0 spiro atoms. The minimum absolute atomic E-state index is 0.120. The van der Waals surface area contributed by atoms with Crippen LogP contribution in [0.3, 0.4) is 0 Å². The summed E-state index contributed by atoms with van der Waals surface area (Å²) in [5, 5.41) is 15.2. The van der Waals surface area contributed by atoms with Crippen LogP contribution in [-0.4, -0.2) is 53.1 Å². The van der Waals surface area contributed by atoms with Crippen molar-refractivity contribution < 1.29 is 9.59 Å². The van der Waals surface area contributed by atoms with Crippen molar-refractivity contribution in [3.63, 3.8) is 0 Å². The highest BCUT2D eigenvalue weighted by Gasteiger charge is 2.28. The highest BCUT2D eigenvalue weighted by molar-refractivity contribution is 7.13. The third-order valence-corrected chi connectivity index (χ3v) is 6.71. The fraction of sp³-hybridized carbons (Fsp3) is 0.545. The van der Waals surface area contributed by atoms with Gasteiger partial charge in [-0.25, -0.2) is 0 Å². The summed E-state index contributed by atoms with van der Waals surface area (Å²) in [6.45, 7) is 6.29. The minimum Gasteiger partial charge on any atom is -0.352 e. The Labute approximate surface area is 181 Å². The SMILES string of the molecule is C[C@H]1CCCN(CCCNC(=O)c2cccc(NC(=O)c3nnc(C4CC4)s3)c2)C1. The van der Waals surface area contributed by atoms with Crippen LogP contribution in [0.5, 0.6) is 0 Å². The second-order valence-electron chi connectivity index (χ2n) is 8.41. The van der Waals surface area contributed by atoms with Crippen LogP contribution in [0.4, 0.5) is 5.69 Å². The zero-order valence-electron chi connectivity index (χ0n) is 17.4. The summed E-state index contributed by atoms with van der Waals surface area (Å²) in [6, 6.07) is 7.00. The number of nitrogens with one attached hydrogen (secondary N) is 2. The van der Waals surface area contributed by atoms with Crippen molar-refractivity contribution in [2.75, 3.05) is 31.5 Å². The number of rotatable bonds is 8. The molecular weight excluding hydrogens is 398 g/mol. The molecule has 0 bridgehead atoms. The Bertz CT molecular complexity index is 895. The van der Waals surface area contributed by atoms with Gasteiger partial charge < -0.3 is 15.5 Å². The van der Waals surface area contributed by atoms with Gasteiger partial charge in [0, 0.05) is 30.3 Å². The number of hydrogen-bond acceptors (Lipinski definition) is 6. The van der Waals surface area contributed by atoms with E-state index in [9.17, 15) is 9.59 Å². The normalized spacial score (nSPS) is 19.4. The van der Waals surface area contributed by atoms with Gasteiger partial charge in [0.15, 0.2) is 0 Å². The van der Waals surface area contributed by atoms with Crippen LogP contribution < -0.4 is 10.6 Å². The average molecular weight is 428 g/mol. The number of aromatic nitrogens is 2. The van der Waals surface area contributed by atoms with E-state index in [4.69, 9.17) is 0 Å². The van der Waals surface area contributed by atoms with Crippen molar-refractivity contribution in [3.8, 4) is 0 Å². The molecule has 1 aromatic heterocycles. The molecule has 0 unspecified atom stereocenters. The van der Waals surface area contributed by atoms with Crippen LogP contribution in [0.25, 0.3) is 0 Å². The van der Waals surface area contributed by atoms with Gasteiger partial charge in [0.1, 0.15) is 5.01 Å². The van der Waals surface area contributed by atoms with Crippen LogP contribution in [0.15, 0.2) is 24.3 Å². The smallest absolute Gasteiger partial charge is 0.286 e. The summed E-state index contributed by atoms with van der Waals surface area (Å²) < 4.78 is 0. The average Bonchev–Trinajstić information content (AvgIpc) is 3.47. The minimum atomic E-state index is -0.285. The maximum absolute atomic E-state index is 12.5. The van der Waals surface area contributed by atoms with Crippen LogP contribution in [-0.2, 0) is 0 Å². The van der Waals surface area contributed by atoms with E-state index in [0.717, 1.165) is 49.8 Å². The Balaban J connectivity index is 1.24. The van der Waals surface area contributed by atoms with Crippen LogP contribution >= 0.6 is 11.3 Å². The lowest BCUT2D eigenvalue weighted by Crippen LogP contribution is -2.36. The number of anilines is 1. The molecule has 1 saturated heterocycles. The van der Waals surface area contributed by atoms with E-state index in [1.54, 1.807) is 24.3 Å². The molecule has 2 N–H and O–H groups in total. The monoisotopic (exact) mass is 427 g/mol. The number of piperidine rings is 1. The third-order valence-electron chi connectivity index (χ3n) is 5.62. The molecule has 2 aliphatic rings. The highest BCUT2D eigenvalue weighted by atomic mass is 32.1. The van der Waals surface area contributed by atoms with E-state index in [0.29, 0.717) is 28.7 Å². The predicted octanol–water partition coefficient (Wildman–Crippen LogP) is 3.52. The maximum Gasteiger partial charge on any atom is 0.286 e. The van der Waals surface area contributed by atoms with Crippen LogP contribution in [0, 0.1) is 5.92 Å². The Kier molecular flexibility index (Phi) is 6.74. The van der Waals surface area contributed by atoms with Crippen LogP contribution in [0.2, 0.25) is 0 Å². The van der Waals surface area contributed by atoms with Gasteiger partial charge in [-0.2, -0.15) is 0 Å². The van der Waals surface area contributed by atoms with E-state index >= 15 is 0 Å². The zero-order valence-corrected chi connectivity index (χ0v) is 18.2. The Hall–Kier alpha value is -2.32. The molecule has 2 amide bonds. The highest BCUT2D eigenvalue weighted by Crippen LogP contribution is 2.41. The summed E-state index contributed by atoms with van der Waals surface area (Å²) in [7, 11) is 0. The van der Waals surface area contributed by atoms with Crippen molar-refractivity contribution in [1.29, 1.82) is 0 Å². The molecule has 8 heteroatoms. The zero-order chi connectivity index (χ0) is 20.9. The molecule has 4 rings (SSSR count). The van der Waals surface area contributed by atoms with Gasteiger partial charge in [-0.15, -0.1) is 10.2 Å². The van der Waals surface area contributed by atoms with Gasteiger partial charge in [-0.3, -0.25) is 9.59 Å². The Morgan fingerprint density at radius 2 is 2.07 bits per heavy atom. The first-order valence-corrected chi connectivity index (χ1v) is 11.7. The van der Waals surface area contributed by atoms with Gasteiger partial charge in [0.2, 0.25) is 5.01 Å². The van der Waals surface area contributed by atoms with Gasteiger partial charge in [0.05, 0.1) is 0 Å². The molecule has 160 valence electrons. The van der Waals surface area contributed by atoms with Crippen LogP contribution in [0.1, 0.15) is 70.1 Å². The predicted molar refractivity (Wildman–Crippen MR) is 118 cm³/mol. The molecule has 1 aliphatic carbocycles. The summed E-state index contributed by atoms with van der Waals surface area (Å²) >= 11 is 1.35. The lowest BCUT2D eigenvalue weighted by Gasteiger charge is -2.30. The number of carbonyl (C=O) groups is 2. The molecule has 1 atom stereocenters. The molecule has 1 aliphatic heterocycles. The van der Waals surface area contributed by atoms with Gasteiger partial charge in [-0.05, 0) is 69.3 Å². The molecule has 7 nitrogen and oxygen atoms in total. The van der Waals surface area contributed by atoms with Crippen molar-refractivity contribution in [1.82, 2.24) is 20.4 Å². The molecule has 0 radical (unpaired) electrons. The molecule has 2 fully saturated rings. The maximum atomic E-state index is 12.5. The van der Waals surface area contributed by atoms with Crippen molar-refractivity contribution in [2.45, 2.75) is 44.9 Å². The van der Waals surface area contributed by atoms with Gasteiger partial charge >= 0.3 is 0 Å². The lowest BCUT2D eigenvalue weighted by atomic mass is 10.0. The molecule has 30 heavy (non-hydrogen) atoms. The van der Waals surface area contributed by atoms with E-state index < -0.39 is 0 Å². The molecule has 2 aromatic rings. The standard InChI is InChI=1S/C22H29N5O2S/c1-15-5-3-11-27(14-15)12-4-10-23-19(28)17-6-2-7-18(13-17)24-20(29)22-26-25-21(30-22)16-8-9-16/h2,6-7,13,15-16H,3-5,8-12,14H2,1H3,(H,23,28)(H,24,29)/t15-/m0/s1. The van der Waals surface area contributed by atoms with Crippen molar-refractivity contribution >= 4 is 28.8 Å². The number of nitrogens with zero attached hydrogens (tertiary/aromatic N) is 3. The van der Waals surface area contributed by atoms with E-state index in [2.05, 4.69) is 32.7 Å². The Morgan fingerprint density at radius 3 is 2.87 bits per heavy atom. The molecular formula is C22H29N5O2S. The second kappa shape index (κ2) is 9.66. The summed E-state index contributed by atoms with van der Waals surface area (Å²) in [5.41, 5.74) is 1.12. The van der Waals surface area contributed by atoms with E-state index in [1.165, 1.54) is 24.2 Å². The lowest BCUT2D eigenvalue weighted by molar-refractivity contribution is 0.0948. The number of benzene rings is 1. The number of likely N-dealkylation sites (tertiary alicyclic amines) is 1. The van der Waals surface area contributed by atoms with Gasteiger partial charge in [-0.1, -0.05) is 24.3 Å². The fourth-order valence-electron chi connectivity index (χ4n) is 3.84. The fourth-order valence-corrected chi connectivity index (χ4v) is 4.75. The number of hydrogen-bond donors (Lipinski definition) is 2. The summed E-state index contributed by atoms with van der Waals surface area (Å²) in [4.78, 5) is 27.4. The van der Waals surface area contributed by atoms with E-state index in [1.807, 2.05) is 0 Å². The topological polar surface area (TPSA) is 87.2 Å². The van der Waals surface area contributed by atoms with E-state index in [-0.39, 0.29) is 11.8 Å². The summed E-state index contributed by atoms with van der Waals surface area (Å²) in [6.07, 6.45) is 5.79. The first-order valence-electron chi connectivity index (χ1n) is 10.8. The molecule has 2 heterocycles. The third kappa shape index (κ3) is 5.64. The quantitative estimate of drug-likeness (QED) is 0.630. The largest absolute Gasteiger partial charge is 0.352 e. The molecule has 1 aromatic carbocycles. The first kappa shape index (κ1) is 20.9. The Morgan fingerprint density at radius 1 is 1.20 bits per heavy atom. The van der Waals surface area contributed by atoms with Crippen molar-refractivity contribution in [3.05, 3.63) is 39.8 Å². The second-order valence-corrected chi connectivity index (χ2v) is 9.42. The molecule has 1 saturated carbocycles. The van der Waals surface area contributed by atoms with Gasteiger partial charge in [0.25, 0.3) is 11.8 Å². The first-order chi connectivity index (χ1) is 14.6. The summed E-state index contributed by atoms with van der Waals surface area (Å²) in [5.74, 6) is 0.846. The number of amides is 2. The van der Waals surface area contributed by atoms with Crippen molar-refractivity contribution in [2.24, 2.45) is 5.92 Å². The number of carbonyl (C=O) groups excluding carboxylic acids is 2.